The number of H-pyrrole nitrogens is 1. The maximum absolute atomic E-state index is 12.1. The zero-order valence-corrected chi connectivity index (χ0v) is 10.2. The third-order valence-electron chi connectivity index (χ3n) is 2.25. The molecule has 0 saturated heterocycles. The number of hydrogen-bond donors (Lipinski definition) is 2. The van der Waals surface area contributed by atoms with E-state index in [2.05, 4.69) is 10.2 Å². The van der Waals surface area contributed by atoms with Crippen LogP contribution in [0.25, 0.3) is 0 Å². The molecular formula is C9H18N4O2S. The molecule has 16 heavy (non-hydrogen) atoms. The fourth-order valence-corrected chi connectivity index (χ4v) is 2.76. The van der Waals surface area contributed by atoms with Crippen molar-refractivity contribution in [3.05, 3.63) is 12.4 Å². The van der Waals surface area contributed by atoms with Crippen LogP contribution in [0.2, 0.25) is 0 Å². The molecule has 0 atom stereocenters. The van der Waals surface area contributed by atoms with Crippen molar-refractivity contribution < 1.29 is 8.42 Å². The minimum absolute atomic E-state index is 0.192. The maximum atomic E-state index is 12.1. The fraction of sp³-hybridized carbons (Fsp3) is 0.667. The number of nitrogens with zero attached hydrogens (tertiary/aromatic N) is 2. The zero-order valence-electron chi connectivity index (χ0n) is 9.39. The van der Waals surface area contributed by atoms with E-state index in [1.807, 2.05) is 6.92 Å². The molecule has 0 radical (unpaired) electrons. The Kier molecular flexibility index (Phi) is 4.91. The van der Waals surface area contributed by atoms with Crippen molar-refractivity contribution in [3.8, 4) is 0 Å². The van der Waals surface area contributed by atoms with Gasteiger partial charge in [0.1, 0.15) is 4.90 Å². The predicted octanol–water partition coefficient (Wildman–Crippen LogP) is 0.159. The molecule has 92 valence electrons. The molecule has 6 nitrogen and oxygen atoms in total. The number of unbranched alkanes of at least 4 members (excludes halogenated alkanes) is 1. The lowest BCUT2D eigenvalue weighted by atomic mass is 10.3. The van der Waals surface area contributed by atoms with Crippen molar-refractivity contribution in [2.45, 2.75) is 24.7 Å². The molecule has 1 heterocycles. The van der Waals surface area contributed by atoms with Gasteiger partial charge in [-0.05, 0) is 6.42 Å². The number of sulfonamides is 1. The summed E-state index contributed by atoms with van der Waals surface area (Å²) in [5.74, 6) is 0. The first-order valence-electron chi connectivity index (χ1n) is 5.32. The number of nitrogens with two attached hydrogens (primary N) is 1. The molecular weight excluding hydrogens is 228 g/mol. The number of nitrogens with one attached hydrogen (secondary N) is 1. The molecule has 0 aliphatic heterocycles. The average molecular weight is 246 g/mol. The summed E-state index contributed by atoms with van der Waals surface area (Å²) in [7, 11) is -3.43. The molecule has 1 rings (SSSR count). The van der Waals surface area contributed by atoms with Gasteiger partial charge in [0.2, 0.25) is 10.0 Å². The smallest absolute Gasteiger partial charge is 0.246 e. The van der Waals surface area contributed by atoms with Gasteiger partial charge in [0.25, 0.3) is 0 Å². The summed E-state index contributed by atoms with van der Waals surface area (Å²) in [4.78, 5) is 0.192. The molecule has 0 aliphatic carbocycles. The second-order valence-electron chi connectivity index (χ2n) is 3.48. The van der Waals surface area contributed by atoms with Gasteiger partial charge < -0.3 is 5.73 Å². The highest BCUT2D eigenvalue weighted by Gasteiger charge is 2.23. The first-order chi connectivity index (χ1) is 7.62. The Labute approximate surface area is 95.9 Å². The second-order valence-corrected chi connectivity index (χ2v) is 5.42. The van der Waals surface area contributed by atoms with Gasteiger partial charge in [-0.15, -0.1) is 0 Å². The predicted molar refractivity (Wildman–Crippen MR) is 61.3 cm³/mol. The molecule has 0 amide bonds. The van der Waals surface area contributed by atoms with Crippen LogP contribution < -0.4 is 5.73 Å². The Morgan fingerprint density at radius 1 is 1.50 bits per heavy atom. The number of hydrogen-bond acceptors (Lipinski definition) is 4. The van der Waals surface area contributed by atoms with Crippen LogP contribution in [-0.2, 0) is 10.0 Å². The van der Waals surface area contributed by atoms with Crippen LogP contribution in [0.5, 0.6) is 0 Å². The second kappa shape index (κ2) is 5.97. The number of rotatable bonds is 7. The van der Waals surface area contributed by atoms with Crippen molar-refractivity contribution in [1.29, 1.82) is 0 Å². The van der Waals surface area contributed by atoms with Crippen LogP contribution in [0, 0.1) is 0 Å². The first kappa shape index (κ1) is 13.1. The molecule has 0 aromatic carbocycles. The Bertz CT molecular complexity index is 388. The van der Waals surface area contributed by atoms with E-state index in [1.165, 1.54) is 16.7 Å². The Morgan fingerprint density at radius 3 is 2.75 bits per heavy atom. The Morgan fingerprint density at radius 2 is 2.25 bits per heavy atom. The molecule has 0 aliphatic rings. The summed E-state index contributed by atoms with van der Waals surface area (Å²) >= 11 is 0. The van der Waals surface area contributed by atoms with Crippen LogP contribution in [0.15, 0.2) is 17.3 Å². The third-order valence-corrected chi connectivity index (χ3v) is 4.11. The van der Waals surface area contributed by atoms with Crippen LogP contribution in [0.4, 0.5) is 0 Å². The Hall–Kier alpha value is -0.920. The highest BCUT2D eigenvalue weighted by atomic mass is 32.2. The van der Waals surface area contributed by atoms with Gasteiger partial charge in [-0.3, -0.25) is 5.10 Å². The standard InChI is InChI=1S/C9H18N4O2S/c1-2-3-5-13(6-4-10)16(14,15)9-7-11-12-8-9/h7-8H,2-6,10H2,1H3,(H,11,12). The monoisotopic (exact) mass is 246 g/mol. The van der Waals surface area contributed by atoms with Crippen molar-refractivity contribution in [2.24, 2.45) is 5.73 Å². The molecule has 0 saturated carbocycles. The van der Waals surface area contributed by atoms with Crippen LogP contribution >= 0.6 is 0 Å². The molecule has 0 spiro atoms. The van der Waals surface area contributed by atoms with Gasteiger partial charge in [0.15, 0.2) is 0 Å². The van der Waals surface area contributed by atoms with Crippen molar-refractivity contribution in [2.75, 3.05) is 19.6 Å². The van der Waals surface area contributed by atoms with E-state index in [9.17, 15) is 8.42 Å². The quantitative estimate of drug-likeness (QED) is 0.716. The summed E-state index contributed by atoms with van der Waals surface area (Å²) in [6.07, 6.45) is 4.47. The summed E-state index contributed by atoms with van der Waals surface area (Å²) in [5, 5.41) is 6.15. The first-order valence-corrected chi connectivity index (χ1v) is 6.76. The van der Waals surface area contributed by atoms with E-state index in [0.29, 0.717) is 19.6 Å². The third kappa shape index (κ3) is 3.03. The summed E-state index contributed by atoms with van der Waals surface area (Å²) < 4.78 is 25.6. The minimum atomic E-state index is -3.43. The van der Waals surface area contributed by atoms with Gasteiger partial charge >= 0.3 is 0 Å². The molecule has 0 unspecified atom stereocenters. The number of aromatic amines is 1. The van der Waals surface area contributed by atoms with E-state index in [0.717, 1.165) is 12.8 Å². The average Bonchev–Trinajstić information content (AvgIpc) is 2.77. The van der Waals surface area contributed by atoms with Crippen LogP contribution in [-0.4, -0.2) is 42.6 Å². The summed E-state index contributed by atoms with van der Waals surface area (Å²) in [6.45, 7) is 3.18. The highest BCUT2D eigenvalue weighted by Crippen LogP contribution is 2.13. The Balaban J connectivity index is 2.84. The maximum Gasteiger partial charge on any atom is 0.246 e. The van der Waals surface area contributed by atoms with Gasteiger partial charge in [-0.25, -0.2) is 8.42 Å². The van der Waals surface area contributed by atoms with Crippen molar-refractivity contribution >= 4 is 10.0 Å². The van der Waals surface area contributed by atoms with E-state index in [4.69, 9.17) is 5.73 Å². The normalized spacial score (nSPS) is 12.2. The van der Waals surface area contributed by atoms with Gasteiger partial charge in [-0.1, -0.05) is 13.3 Å². The SMILES string of the molecule is CCCCN(CCN)S(=O)(=O)c1cn[nH]c1. The van der Waals surface area contributed by atoms with Crippen molar-refractivity contribution in [1.82, 2.24) is 14.5 Å². The highest BCUT2D eigenvalue weighted by molar-refractivity contribution is 7.89. The largest absolute Gasteiger partial charge is 0.329 e. The van der Waals surface area contributed by atoms with E-state index >= 15 is 0 Å². The van der Waals surface area contributed by atoms with Crippen LogP contribution in [0.3, 0.4) is 0 Å². The summed E-state index contributed by atoms with van der Waals surface area (Å²) in [6, 6.07) is 0. The zero-order chi connectivity index (χ0) is 12.0. The lowest BCUT2D eigenvalue weighted by molar-refractivity contribution is 0.410. The van der Waals surface area contributed by atoms with E-state index in [-0.39, 0.29) is 4.90 Å². The molecule has 1 aromatic rings. The molecule has 0 fully saturated rings. The summed E-state index contributed by atoms with van der Waals surface area (Å²) in [5.41, 5.74) is 5.42. The van der Waals surface area contributed by atoms with Gasteiger partial charge in [0, 0.05) is 25.8 Å². The fourth-order valence-electron chi connectivity index (χ4n) is 1.36. The number of aromatic nitrogens is 2. The molecule has 1 aromatic heterocycles. The van der Waals surface area contributed by atoms with Gasteiger partial charge in [0.05, 0.1) is 6.20 Å². The molecule has 7 heteroatoms. The lowest BCUT2D eigenvalue weighted by Gasteiger charge is -2.20. The molecule has 0 bridgehead atoms. The van der Waals surface area contributed by atoms with E-state index < -0.39 is 10.0 Å². The lowest BCUT2D eigenvalue weighted by Crippen LogP contribution is -2.36. The van der Waals surface area contributed by atoms with Crippen LogP contribution in [0.1, 0.15) is 19.8 Å². The molecule has 3 N–H and O–H groups in total. The van der Waals surface area contributed by atoms with Crippen molar-refractivity contribution in [3.63, 3.8) is 0 Å². The topological polar surface area (TPSA) is 92.1 Å². The minimum Gasteiger partial charge on any atom is -0.329 e. The van der Waals surface area contributed by atoms with E-state index in [1.54, 1.807) is 0 Å². The van der Waals surface area contributed by atoms with Gasteiger partial charge in [-0.2, -0.15) is 9.40 Å².